The van der Waals surface area contributed by atoms with Gasteiger partial charge in [-0.15, -0.1) is 10.2 Å². The Labute approximate surface area is 138 Å². The highest BCUT2D eigenvalue weighted by atomic mass is 32.2. The second kappa shape index (κ2) is 7.60. The summed E-state index contributed by atoms with van der Waals surface area (Å²) >= 11 is 2.54. The van der Waals surface area contributed by atoms with Crippen LogP contribution in [0.15, 0.2) is 4.34 Å². The lowest BCUT2D eigenvalue weighted by molar-refractivity contribution is -0.130. The molecule has 1 aliphatic rings. The molecule has 1 saturated heterocycles. The zero-order valence-electron chi connectivity index (χ0n) is 12.4. The van der Waals surface area contributed by atoms with E-state index in [1.54, 1.807) is 4.90 Å². The van der Waals surface area contributed by atoms with Gasteiger partial charge in [-0.3, -0.25) is 4.79 Å². The Morgan fingerprint density at radius 1 is 1.50 bits per heavy atom. The van der Waals surface area contributed by atoms with E-state index < -0.39 is 9.84 Å². The van der Waals surface area contributed by atoms with Crippen molar-refractivity contribution >= 4 is 44.0 Å². The zero-order chi connectivity index (χ0) is 16.2. The number of nitrogens with zero attached hydrogens (tertiary/aromatic N) is 3. The topological polar surface area (TPSA) is 106 Å². The van der Waals surface area contributed by atoms with Crippen molar-refractivity contribution in [1.29, 1.82) is 0 Å². The summed E-state index contributed by atoms with van der Waals surface area (Å²) < 4.78 is 24.0. The fourth-order valence-corrected chi connectivity index (χ4v) is 5.60. The highest BCUT2D eigenvalue weighted by Crippen LogP contribution is 2.25. The van der Waals surface area contributed by atoms with Crippen LogP contribution in [0.25, 0.3) is 0 Å². The van der Waals surface area contributed by atoms with Crippen LogP contribution in [0.2, 0.25) is 0 Å². The van der Waals surface area contributed by atoms with Gasteiger partial charge in [0.1, 0.15) is 0 Å². The van der Waals surface area contributed by atoms with Crippen LogP contribution < -0.4 is 5.73 Å². The molecule has 22 heavy (non-hydrogen) atoms. The Morgan fingerprint density at radius 2 is 2.27 bits per heavy atom. The van der Waals surface area contributed by atoms with Crippen LogP contribution in [0.1, 0.15) is 26.2 Å². The SMILES string of the molecule is CCCCN(C(=O)CSc1nnc(N)s1)[C@H]1CCS(=O)(=O)C1. The maximum atomic E-state index is 12.5. The molecule has 0 bridgehead atoms. The Balaban J connectivity index is 1.96. The van der Waals surface area contributed by atoms with Gasteiger partial charge in [-0.1, -0.05) is 36.4 Å². The van der Waals surface area contributed by atoms with Crippen molar-refractivity contribution in [3.8, 4) is 0 Å². The van der Waals surface area contributed by atoms with E-state index in [9.17, 15) is 13.2 Å². The highest BCUT2D eigenvalue weighted by molar-refractivity contribution is 8.01. The molecule has 2 N–H and O–H groups in total. The average Bonchev–Trinajstić information content (AvgIpc) is 3.03. The van der Waals surface area contributed by atoms with Crippen LogP contribution in [0, 0.1) is 0 Å². The van der Waals surface area contributed by atoms with Gasteiger partial charge in [0.2, 0.25) is 11.0 Å². The van der Waals surface area contributed by atoms with Crippen molar-refractivity contribution in [3.05, 3.63) is 0 Å². The fourth-order valence-electron chi connectivity index (χ4n) is 2.35. The largest absolute Gasteiger partial charge is 0.374 e. The number of carbonyl (C=O) groups excluding carboxylic acids is 1. The third-order valence-electron chi connectivity index (χ3n) is 3.46. The number of anilines is 1. The third kappa shape index (κ3) is 4.82. The number of rotatable bonds is 7. The van der Waals surface area contributed by atoms with Gasteiger partial charge >= 0.3 is 0 Å². The fraction of sp³-hybridized carbons (Fsp3) is 0.750. The Bertz CT molecular complexity index is 617. The monoisotopic (exact) mass is 364 g/mol. The van der Waals surface area contributed by atoms with Gasteiger partial charge in [0.15, 0.2) is 14.2 Å². The first-order chi connectivity index (χ1) is 10.4. The molecule has 0 aromatic carbocycles. The van der Waals surface area contributed by atoms with E-state index in [2.05, 4.69) is 10.2 Å². The van der Waals surface area contributed by atoms with Crippen LogP contribution in [0.3, 0.4) is 0 Å². The minimum Gasteiger partial charge on any atom is -0.374 e. The van der Waals surface area contributed by atoms with Crippen LogP contribution in [0.4, 0.5) is 5.13 Å². The number of nitrogen functional groups attached to an aromatic ring is 1. The standard InChI is InChI=1S/C12H20N4O3S3/c1-2-3-5-16(9-4-6-22(18,19)8-9)10(17)7-20-12-15-14-11(13)21-12/h9H,2-8H2,1H3,(H2,13,14)/t9-/m0/s1. The highest BCUT2D eigenvalue weighted by Gasteiger charge is 2.34. The van der Waals surface area contributed by atoms with E-state index in [4.69, 9.17) is 5.73 Å². The van der Waals surface area contributed by atoms with Gasteiger partial charge in [-0.2, -0.15) is 0 Å². The molecule has 124 valence electrons. The lowest BCUT2D eigenvalue weighted by atomic mass is 10.2. The predicted molar refractivity (Wildman–Crippen MR) is 88.7 cm³/mol. The van der Waals surface area contributed by atoms with Gasteiger partial charge in [0.25, 0.3) is 0 Å². The van der Waals surface area contributed by atoms with Gasteiger partial charge < -0.3 is 10.6 Å². The normalized spacial score (nSPS) is 20.1. The molecular formula is C12H20N4O3S3. The molecule has 0 aliphatic carbocycles. The number of hydrogen-bond donors (Lipinski definition) is 1. The maximum absolute atomic E-state index is 12.5. The molecule has 2 rings (SSSR count). The second-order valence-electron chi connectivity index (χ2n) is 5.19. The molecule has 1 aliphatic heterocycles. The van der Waals surface area contributed by atoms with E-state index in [1.165, 1.54) is 23.1 Å². The average molecular weight is 365 g/mol. The van der Waals surface area contributed by atoms with E-state index in [-0.39, 0.29) is 29.2 Å². The van der Waals surface area contributed by atoms with Crippen LogP contribution >= 0.6 is 23.1 Å². The Hall–Kier alpha value is -0.870. The summed E-state index contributed by atoms with van der Waals surface area (Å²) in [4.78, 5) is 14.2. The Kier molecular flexibility index (Phi) is 6.04. The molecule has 0 spiro atoms. The van der Waals surface area contributed by atoms with Crippen molar-refractivity contribution in [2.45, 2.75) is 36.6 Å². The van der Waals surface area contributed by atoms with E-state index in [0.29, 0.717) is 22.4 Å². The summed E-state index contributed by atoms with van der Waals surface area (Å²) in [7, 11) is -3.00. The van der Waals surface area contributed by atoms with Gasteiger partial charge in [-0.05, 0) is 12.8 Å². The minimum absolute atomic E-state index is 0.0469. The van der Waals surface area contributed by atoms with Gasteiger partial charge in [0.05, 0.1) is 17.3 Å². The number of unbranched alkanes of at least 4 members (excludes halogenated alkanes) is 1. The second-order valence-corrected chi connectivity index (χ2v) is 9.65. The molecule has 2 heterocycles. The minimum atomic E-state index is -3.00. The van der Waals surface area contributed by atoms with E-state index >= 15 is 0 Å². The molecule has 1 aromatic rings. The number of aromatic nitrogens is 2. The van der Waals surface area contributed by atoms with E-state index in [0.717, 1.165) is 12.8 Å². The summed E-state index contributed by atoms with van der Waals surface area (Å²) in [6.07, 6.45) is 2.37. The Morgan fingerprint density at radius 3 is 2.82 bits per heavy atom. The number of carbonyl (C=O) groups is 1. The van der Waals surface area contributed by atoms with E-state index in [1.807, 2.05) is 6.92 Å². The molecule has 0 unspecified atom stereocenters. The molecule has 1 fully saturated rings. The molecule has 0 radical (unpaired) electrons. The lowest BCUT2D eigenvalue weighted by Crippen LogP contribution is -2.42. The lowest BCUT2D eigenvalue weighted by Gasteiger charge is -2.28. The van der Waals surface area contributed by atoms with Gasteiger partial charge in [-0.25, -0.2) is 8.42 Å². The van der Waals surface area contributed by atoms with Crippen molar-refractivity contribution in [2.75, 3.05) is 29.5 Å². The molecular weight excluding hydrogens is 344 g/mol. The van der Waals surface area contributed by atoms with Crippen molar-refractivity contribution in [2.24, 2.45) is 0 Å². The summed E-state index contributed by atoms with van der Waals surface area (Å²) in [5, 5.41) is 7.95. The number of nitrogens with two attached hydrogens (primary N) is 1. The third-order valence-corrected chi connectivity index (χ3v) is 7.08. The molecule has 10 heteroatoms. The van der Waals surface area contributed by atoms with Crippen molar-refractivity contribution < 1.29 is 13.2 Å². The smallest absolute Gasteiger partial charge is 0.233 e. The summed E-state index contributed by atoms with van der Waals surface area (Å²) in [6, 6.07) is -0.191. The molecule has 0 saturated carbocycles. The number of amides is 1. The molecule has 7 nitrogen and oxygen atoms in total. The van der Waals surface area contributed by atoms with Crippen molar-refractivity contribution in [3.63, 3.8) is 0 Å². The van der Waals surface area contributed by atoms with Crippen molar-refractivity contribution in [1.82, 2.24) is 15.1 Å². The van der Waals surface area contributed by atoms with Crippen LogP contribution in [0.5, 0.6) is 0 Å². The first-order valence-electron chi connectivity index (χ1n) is 7.13. The zero-order valence-corrected chi connectivity index (χ0v) is 14.8. The summed E-state index contributed by atoms with van der Waals surface area (Å²) in [5.41, 5.74) is 5.51. The number of thioether (sulfide) groups is 1. The van der Waals surface area contributed by atoms with Crippen LogP contribution in [-0.4, -0.2) is 59.3 Å². The quantitative estimate of drug-likeness (QED) is 0.720. The number of sulfone groups is 1. The first kappa shape index (κ1) is 17.5. The molecule has 1 atom stereocenters. The summed E-state index contributed by atoms with van der Waals surface area (Å²) in [6.45, 7) is 2.65. The molecule has 1 amide bonds. The maximum Gasteiger partial charge on any atom is 0.233 e. The summed E-state index contributed by atoms with van der Waals surface area (Å²) in [5.74, 6) is 0.441. The van der Waals surface area contributed by atoms with Gasteiger partial charge in [0, 0.05) is 12.6 Å². The first-order valence-corrected chi connectivity index (χ1v) is 10.8. The number of hydrogen-bond acceptors (Lipinski definition) is 8. The van der Waals surface area contributed by atoms with Crippen LogP contribution in [-0.2, 0) is 14.6 Å². The molecule has 1 aromatic heterocycles. The predicted octanol–water partition coefficient (Wildman–Crippen LogP) is 1.03.